The molecule has 0 aromatic carbocycles. The van der Waals surface area contributed by atoms with E-state index in [4.69, 9.17) is 16.3 Å². The number of aromatic nitrogens is 3. The molecule has 94 valence electrons. The van der Waals surface area contributed by atoms with Crippen LogP contribution in [0.4, 0.5) is 5.95 Å². The Labute approximate surface area is 110 Å². The number of rotatable bonds is 2. The molecular weight excluding hydrogens is 260 g/mol. The summed E-state index contributed by atoms with van der Waals surface area (Å²) in [6.07, 6.45) is 0. The van der Waals surface area contributed by atoms with E-state index in [0.29, 0.717) is 17.2 Å². The maximum absolute atomic E-state index is 5.86. The first-order chi connectivity index (χ1) is 8.11. The lowest BCUT2D eigenvalue weighted by Crippen LogP contribution is -2.45. The highest BCUT2D eigenvalue weighted by Gasteiger charge is 2.27. The Morgan fingerprint density at radius 2 is 2.12 bits per heavy atom. The van der Waals surface area contributed by atoms with Crippen molar-refractivity contribution in [2.24, 2.45) is 0 Å². The Kier molecular flexibility index (Phi) is 3.93. The van der Waals surface area contributed by atoms with Gasteiger partial charge in [0.15, 0.2) is 0 Å². The lowest BCUT2D eigenvalue weighted by Gasteiger charge is -2.37. The lowest BCUT2D eigenvalue weighted by atomic mass is 10.2. The first-order valence-corrected chi connectivity index (χ1v) is 6.88. The van der Waals surface area contributed by atoms with Crippen molar-refractivity contribution in [3.63, 3.8) is 0 Å². The van der Waals surface area contributed by atoms with Crippen molar-refractivity contribution in [1.29, 1.82) is 0 Å². The van der Waals surface area contributed by atoms with Crippen LogP contribution in [0.15, 0.2) is 0 Å². The fraction of sp³-hybridized carbons (Fsp3) is 0.700. The van der Waals surface area contributed by atoms with E-state index >= 15 is 0 Å². The molecule has 2 heterocycles. The average molecular weight is 275 g/mol. The van der Waals surface area contributed by atoms with Gasteiger partial charge in [-0.1, -0.05) is 6.92 Å². The largest absolute Gasteiger partial charge is 0.467 e. The molecule has 2 unspecified atom stereocenters. The van der Waals surface area contributed by atoms with Gasteiger partial charge in [-0.2, -0.15) is 26.7 Å². The van der Waals surface area contributed by atoms with Crippen LogP contribution < -0.4 is 9.64 Å². The summed E-state index contributed by atoms with van der Waals surface area (Å²) in [5.41, 5.74) is 0. The van der Waals surface area contributed by atoms with E-state index in [2.05, 4.69) is 33.7 Å². The van der Waals surface area contributed by atoms with Crippen LogP contribution in [0, 0.1) is 0 Å². The van der Waals surface area contributed by atoms with Gasteiger partial charge < -0.3 is 9.64 Å². The maximum Gasteiger partial charge on any atom is 0.322 e. The van der Waals surface area contributed by atoms with Crippen LogP contribution in [-0.4, -0.2) is 45.7 Å². The summed E-state index contributed by atoms with van der Waals surface area (Å²) in [5, 5.41) is 0.718. The maximum atomic E-state index is 5.86. The Hall–Kier alpha value is -0.750. The van der Waals surface area contributed by atoms with E-state index in [-0.39, 0.29) is 11.3 Å². The second-order valence-corrected chi connectivity index (χ2v) is 5.72. The van der Waals surface area contributed by atoms with Gasteiger partial charge in [0, 0.05) is 23.6 Å². The molecule has 1 fully saturated rings. The number of methoxy groups -OCH3 is 1. The molecule has 0 radical (unpaired) electrons. The number of ether oxygens (including phenoxy) is 1. The molecule has 0 amide bonds. The van der Waals surface area contributed by atoms with Gasteiger partial charge in [-0.15, -0.1) is 0 Å². The predicted molar refractivity (Wildman–Crippen MR) is 70.1 cm³/mol. The van der Waals surface area contributed by atoms with Crippen LogP contribution in [0.1, 0.15) is 13.8 Å². The minimum atomic E-state index is 0.171. The molecule has 7 heteroatoms. The summed E-state index contributed by atoms with van der Waals surface area (Å²) >= 11 is 7.82. The average Bonchev–Trinajstić information content (AvgIpc) is 2.31. The third-order valence-corrected chi connectivity index (χ3v) is 4.41. The SMILES string of the molecule is COc1nc(Cl)nc(N2CCSC(C)C2C)n1. The Bertz CT molecular complexity index is 406. The second-order valence-electron chi connectivity index (χ2n) is 3.90. The molecule has 2 atom stereocenters. The Balaban J connectivity index is 2.29. The minimum Gasteiger partial charge on any atom is -0.467 e. The fourth-order valence-electron chi connectivity index (χ4n) is 1.76. The lowest BCUT2D eigenvalue weighted by molar-refractivity contribution is 0.377. The normalized spacial score (nSPS) is 24.8. The monoisotopic (exact) mass is 274 g/mol. The van der Waals surface area contributed by atoms with Crippen molar-refractivity contribution < 1.29 is 4.74 Å². The summed E-state index contributed by atoms with van der Waals surface area (Å²) in [4.78, 5) is 14.4. The van der Waals surface area contributed by atoms with Crippen LogP contribution in [0.5, 0.6) is 6.01 Å². The van der Waals surface area contributed by atoms with E-state index in [1.807, 2.05) is 11.8 Å². The highest BCUT2D eigenvalue weighted by Crippen LogP contribution is 2.27. The molecular formula is C10H15ClN4OS. The summed E-state index contributed by atoms with van der Waals surface area (Å²) < 4.78 is 5.01. The highest BCUT2D eigenvalue weighted by atomic mass is 35.5. The minimum absolute atomic E-state index is 0.171. The number of anilines is 1. The molecule has 1 saturated heterocycles. The first kappa shape index (κ1) is 12.7. The van der Waals surface area contributed by atoms with E-state index in [9.17, 15) is 0 Å². The standard InChI is InChI=1S/C10H15ClN4OS/c1-6-7(2)17-5-4-15(6)9-12-8(11)13-10(14-9)16-3/h6-7H,4-5H2,1-3H3. The van der Waals surface area contributed by atoms with Gasteiger partial charge >= 0.3 is 6.01 Å². The second kappa shape index (κ2) is 5.27. The van der Waals surface area contributed by atoms with Crippen molar-refractivity contribution >= 4 is 29.3 Å². The zero-order valence-corrected chi connectivity index (χ0v) is 11.6. The molecule has 1 aromatic rings. The summed E-state index contributed by atoms with van der Waals surface area (Å²) in [6, 6.07) is 0.634. The third-order valence-electron chi connectivity index (χ3n) is 2.90. The van der Waals surface area contributed by atoms with Crippen LogP contribution in [0.2, 0.25) is 5.28 Å². The van der Waals surface area contributed by atoms with Crippen LogP contribution in [-0.2, 0) is 0 Å². The molecule has 0 spiro atoms. The Morgan fingerprint density at radius 3 is 2.82 bits per heavy atom. The number of thioether (sulfide) groups is 1. The zero-order chi connectivity index (χ0) is 12.4. The molecule has 2 rings (SSSR count). The third kappa shape index (κ3) is 2.74. The number of halogens is 1. The molecule has 5 nitrogen and oxygen atoms in total. The Morgan fingerprint density at radius 1 is 1.35 bits per heavy atom. The van der Waals surface area contributed by atoms with Crippen molar-refractivity contribution in [3.05, 3.63) is 5.28 Å². The molecule has 0 saturated carbocycles. The number of hydrogen-bond acceptors (Lipinski definition) is 6. The topological polar surface area (TPSA) is 51.1 Å². The van der Waals surface area contributed by atoms with E-state index in [1.54, 1.807) is 0 Å². The van der Waals surface area contributed by atoms with E-state index < -0.39 is 0 Å². The van der Waals surface area contributed by atoms with Crippen LogP contribution >= 0.6 is 23.4 Å². The molecule has 1 aliphatic rings. The number of hydrogen-bond donors (Lipinski definition) is 0. The van der Waals surface area contributed by atoms with Gasteiger partial charge in [0.25, 0.3) is 0 Å². The van der Waals surface area contributed by atoms with Crippen LogP contribution in [0.3, 0.4) is 0 Å². The van der Waals surface area contributed by atoms with Gasteiger partial charge in [-0.25, -0.2) is 0 Å². The highest BCUT2D eigenvalue weighted by molar-refractivity contribution is 8.00. The summed E-state index contributed by atoms with van der Waals surface area (Å²) in [5.74, 6) is 1.67. The molecule has 1 aliphatic heterocycles. The molecule has 1 aromatic heterocycles. The zero-order valence-electron chi connectivity index (χ0n) is 10.1. The summed E-state index contributed by atoms with van der Waals surface area (Å²) in [6.45, 7) is 5.29. The first-order valence-electron chi connectivity index (χ1n) is 5.45. The van der Waals surface area contributed by atoms with Crippen molar-refractivity contribution in [2.45, 2.75) is 25.1 Å². The van der Waals surface area contributed by atoms with E-state index in [0.717, 1.165) is 12.3 Å². The molecule has 0 N–H and O–H groups in total. The van der Waals surface area contributed by atoms with Crippen molar-refractivity contribution in [3.8, 4) is 6.01 Å². The van der Waals surface area contributed by atoms with Gasteiger partial charge in [0.2, 0.25) is 11.2 Å². The van der Waals surface area contributed by atoms with Gasteiger partial charge in [-0.3, -0.25) is 0 Å². The van der Waals surface area contributed by atoms with Crippen LogP contribution in [0.25, 0.3) is 0 Å². The fourth-order valence-corrected chi connectivity index (χ4v) is 3.00. The molecule has 0 bridgehead atoms. The van der Waals surface area contributed by atoms with Crippen molar-refractivity contribution in [2.75, 3.05) is 24.3 Å². The summed E-state index contributed by atoms with van der Waals surface area (Å²) in [7, 11) is 1.52. The van der Waals surface area contributed by atoms with Gasteiger partial charge in [-0.05, 0) is 18.5 Å². The van der Waals surface area contributed by atoms with Crippen molar-refractivity contribution in [1.82, 2.24) is 15.0 Å². The molecule has 17 heavy (non-hydrogen) atoms. The van der Waals surface area contributed by atoms with Gasteiger partial charge in [0.1, 0.15) is 0 Å². The van der Waals surface area contributed by atoms with Gasteiger partial charge in [0.05, 0.1) is 7.11 Å². The number of nitrogens with zero attached hydrogens (tertiary/aromatic N) is 4. The smallest absolute Gasteiger partial charge is 0.322 e. The molecule has 0 aliphatic carbocycles. The predicted octanol–water partition coefficient (Wildman–Crippen LogP) is 1.86. The quantitative estimate of drug-likeness (QED) is 0.821. The van der Waals surface area contributed by atoms with E-state index in [1.165, 1.54) is 7.11 Å².